The number of carbonyl (C=O) groups is 1. The maximum atomic E-state index is 11.4. The molecule has 3 rings (SSSR count). The van der Waals surface area contributed by atoms with E-state index in [4.69, 9.17) is 0 Å². The molecule has 0 amide bonds. The molecular formula is C19H27NO2. The molecule has 3 nitrogen and oxygen atoms in total. The average Bonchev–Trinajstić information content (AvgIpc) is 2.57. The van der Waals surface area contributed by atoms with E-state index in [1.54, 1.807) is 0 Å². The maximum absolute atomic E-state index is 11.4. The largest absolute Gasteiger partial charge is 0.480 e. The van der Waals surface area contributed by atoms with Crippen molar-refractivity contribution in [3.63, 3.8) is 0 Å². The van der Waals surface area contributed by atoms with Crippen LogP contribution in [0.4, 0.5) is 0 Å². The number of likely N-dealkylation sites (tertiary alicyclic amines) is 1. The Morgan fingerprint density at radius 1 is 1.05 bits per heavy atom. The minimum Gasteiger partial charge on any atom is -0.480 e. The Morgan fingerprint density at radius 3 is 2.45 bits per heavy atom. The normalized spacial score (nSPS) is 30.1. The number of hydrogen-bond acceptors (Lipinski definition) is 2. The first-order chi connectivity index (χ1) is 10.7. The summed E-state index contributed by atoms with van der Waals surface area (Å²) in [5.74, 6) is 0.756. The number of carboxylic acids is 1. The summed E-state index contributed by atoms with van der Waals surface area (Å²) in [4.78, 5) is 13.6. The third-order valence-corrected chi connectivity index (χ3v) is 5.51. The van der Waals surface area contributed by atoms with Crippen molar-refractivity contribution in [3.8, 4) is 0 Å². The van der Waals surface area contributed by atoms with Gasteiger partial charge in [-0.05, 0) is 62.5 Å². The second-order valence-electron chi connectivity index (χ2n) is 6.97. The molecule has 1 aliphatic carbocycles. The van der Waals surface area contributed by atoms with E-state index in [2.05, 4.69) is 35.2 Å². The maximum Gasteiger partial charge on any atom is 0.320 e. The van der Waals surface area contributed by atoms with Crippen LogP contribution in [0.25, 0.3) is 0 Å². The fraction of sp³-hybridized carbons (Fsp3) is 0.632. The van der Waals surface area contributed by atoms with Gasteiger partial charge in [0.15, 0.2) is 0 Å². The third kappa shape index (κ3) is 3.70. The quantitative estimate of drug-likeness (QED) is 0.917. The van der Waals surface area contributed by atoms with Crippen LogP contribution in [0.3, 0.4) is 0 Å². The van der Waals surface area contributed by atoms with E-state index < -0.39 is 5.97 Å². The number of benzene rings is 1. The van der Waals surface area contributed by atoms with Gasteiger partial charge in [0.05, 0.1) is 0 Å². The summed E-state index contributed by atoms with van der Waals surface area (Å²) in [6.45, 7) is 1.95. The van der Waals surface area contributed by atoms with Gasteiger partial charge >= 0.3 is 5.97 Å². The Balaban J connectivity index is 1.52. The molecular weight excluding hydrogens is 274 g/mol. The van der Waals surface area contributed by atoms with Crippen molar-refractivity contribution in [1.29, 1.82) is 0 Å². The van der Waals surface area contributed by atoms with Gasteiger partial charge in [-0.1, -0.05) is 36.8 Å². The summed E-state index contributed by atoms with van der Waals surface area (Å²) in [5, 5.41) is 9.39. The highest BCUT2D eigenvalue weighted by atomic mass is 16.4. The Bertz CT molecular complexity index is 479. The second kappa shape index (κ2) is 7.28. The lowest BCUT2D eigenvalue weighted by atomic mass is 9.78. The van der Waals surface area contributed by atoms with Crippen molar-refractivity contribution in [1.82, 2.24) is 4.90 Å². The lowest BCUT2D eigenvalue weighted by Crippen LogP contribution is -2.47. The Labute approximate surface area is 133 Å². The predicted octanol–water partition coefficient (Wildman–Crippen LogP) is 3.90. The minimum atomic E-state index is -0.627. The van der Waals surface area contributed by atoms with Crippen LogP contribution in [0.2, 0.25) is 0 Å². The van der Waals surface area contributed by atoms with E-state index >= 15 is 0 Å². The fourth-order valence-electron chi connectivity index (χ4n) is 4.22. The summed E-state index contributed by atoms with van der Waals surface area (Å²) in [5.41, 5.74) is 1.47. The van der Waals surface area contributed by atoms with Crippen LogP contribution in [-0.2, 0) is 4.79 Å². The minimum absolute atomic E-state index is 0.236. The zero-order chi connectivity index (χ0) is 15.4. The first-order valence-corrected chi connectivity index (χ1v) is 8.76. The number of rotatable bonds is 4. The van der Waals surface area contributed by atoms with E-state index in [-0.39, 0.29) is 6.04 Å². The molecule has 2 aliphatic rings. The number of nitrogens with zero attached hydrogens (tertiary/aromatic N) is 1. The highest BCUT2D eigenvalue weighted by Crippen LogP contribution is 2.36. The van der Waals surface area contributed by atoms with Crippen LogP contribution in [-0.4, -0.2) is 35.1 Å². The van der Waals surface area contributed by atoms with Crippen molar-refractivity contribution in [2.75, 3.05) is 13.1 Å². The van der Waals surface area contributed by atoms with Crippen molar-refractivity contribution >= 4 is 5.97 Å². The summed E-state index contributed by atoms with van der Waals surface area (Å²) in [7, 11) is 0. The first kappa shape index (κ1) is 15.5. The molecule has 1 saturated carbocycles. The van der Waals surface area contributed by atoms with Gasteiger partial charge in [-0.15, -0.1) is 0 Å². The molecule has 1 unspecified atom stereocenters. The third-order valence-electron chi connectivity index (χ3n) is 5.51. The molecule has 1 aromatic carbocycles. The Hall–Kier alpha value is -1.35. The van der Waals surface area contributed by atoms with Gasteiger partial charge < -0.3 is 5.11 Å². The molecule has 1 N–H and O–H groups in total. The average molecular weight is 301 g/mol. The molecule has 0 radical (unpaired) electrons. The van der Waals surface area contributed by atoms with Crippen molar-refractivity contribution in [2.24, 2.45) is 5.92 Å². The lowest BCUT2D eigenvalue weighted by Gasteiger charge is -2.37. The zero-order valence-electron chi connectivity index (χ0n) is 13.3. The highest BCUT2D eigenvalue weighted by molar-refractivity contribution is 5.73. The standard InChI is InChI=1S/C19H27NO2/c21-19(22)18-8-4-5-13-20(18)14-15-9-11-17(12-10-15)16-6-2-1-3-7-16/h1-3,6-7,15,17-18H,4-5,8-14H2,(H,21,22). The van der Waals surface area contributed by atoms with Crippen LogP contribution in [0.5, 0.6) is 0 Å². The van der Waals surface area contributed by atoms with Gasteiger partial charge in [-0.2, -0.15) is 0 Å². The molecule has 22 heavy (non-hydrogen) atoms. The van der Waals surface area contributed by atoms with E-state index in [0.29, 0.717) is 11.8 Å². The van der Waals surface area contributed by atoms with Gasteiger partial charge in [0, 0.05) is 6.54 Å². The number of carboxylic acid groups (broad SMARTS) is 1. The lowest BCUT2D eigenvalue weighted by molar-refractivity contribution is -0.145. The fourth-order valence-corrected chi connectivity index (χ4v) is 4.22. The van der Waals surface area contributed by atoms with Crippen LogP contribution >= 0.6 is 0 Å². The van der Waals surface area contributed by atoms with Crippen molar-refractivity contribution < 1.29 is 9.90 Å². The second-order valence-corrected chi connectivity index (χ2v) is 6.97. The molecule has 120 valence electrons. The monoisotopic (exact) mass is 301 g/mol. The van der Waals surface area contributed by atoms with Crippen molar-refractivity contribution in [2.45, 2.75) is 56.9 Å². The highest BCUT2D eigenvalue weighted by Gasteiger charge is 2.31. The molecule has 2 fully saturated rings. The van der Waals surface area contributed by atoms with E-state index in [1.807, 2.05) is 0 Å². The first-order valence-electron chi connectivity index (χ1n) is 8.76. The van der Waals surface area contributed by atoms with Gasteiger partial charge in [-0.3, -0.25) is 9.69 Å². The van der Waals surface area contributed by atoms with Crippen LogP contribution in [0.15, 0.2) is 30.3 Å². The predicted molar refractivity (Wildman–Crippen MR) is 88.0 cm³/mol. The Kier molecular flexibility index (Phi) is 5.14. The molecule has 1 aliphatic heterocycles. The summed E-state index contributed by atoms with van der Waals surface area (Å²) >= 11 is 0. The topological polar surface area (TPSA) is 40.5 Å². The SMILES string of the molecule is O=C(O)C1CCCCN1CC1CCC(c2ccccc2)CC1. The van der Waals surface area contributed by atoms with Crippen LogP contribution < -0.4 is 0 Å². The summed E-state index contributed by atoms with van der Waals surface area (Å²) < 4.78 is 0. The molecule has 1 heterocycles. The van der Waals surface area contributed by atoms with Crippen LogP contribution in [0, 0.1) is 5.92 Å². The van der Waals surface area contributed by atoms with E-state index in [0.717, 1.165) is 32.4 Å². The van der Waals surface area contributed by atoms with E-state index in [1.165, 1.54) is 31.2 Å². The van der Waals surface area contributed by atoms with Crippen molar-refractivity contribution in [3.05, 3.63) is 35.9 Å². The molecule has 3 heteroatoms. The molecule has 1 aromatic rings. The number of piperidine rings is 1. The number of aliphatic carboxylic acids is 1. The number of hydrogen-bond donors (Lipinski definition) is 1. The molecule has 0 bridgehead atoms. The smallest absolute Gasteiger partial charge is 0.320 e. The molecule has 0 aromatic heterocycles. The zero-order valence-corrected chi connectivity index (χ0v) is 13.3. The van der Waals surface area contributed by atoms with Gasteiger partial charge in [0.1, 0.15) is 6.04 Å². The molecule has 0 spiro atoms. The van der Waals surface area contributed by atoms with Crippen LogP contribution in [0.1, 0.15) is 56.4 Å². The van der Waals surface area contributed by atoms with Gasteiger partial charge in [-0.25, -0.2) is 0 Å². The summed E-state index contributed by atoms with van der Waals surface area (Å²) in [6, 6.07) is 10.6. The van der Waals surface area contributed by atoms with E-state index in [9.17, 15) is 9.90 Å². The molecule has 1 saturated heterocycles. The van der Waals surface area contributed by atoms with Gasteiger partial charge in [0.2, 0.25) is 0 Å². The molecule has 1 atom stereocenters. The Morgan fingerprint density at radius 2 is 1.77 bits per heavy atom. The van der Waals surface area contributed by atoms with Gasteiger partial charge in [0.25, 0.3) is 0 Å². The summed E-state index contributed by atoms with van der Waals surface area (Å²) in [6.07, 6.45) is 8.03.